The van der Waals surface area contributed by atoms with E-state index in [0.29, 0.717) is 17.7 Å². The lowest BCUT2D eigenvalue weighted by molar-refractivity contribution is -0.116. The molecule has 0 aliphatic heterocycles. The monoisotopic (exact) mass is 268 g/mol. The summed E-state index contributed by atoms with van der Waals surface area (Å²) in [4.78, 5) is 15.9. The van der Waals surface area contributed by atoms with E-state index in [9.17, 15) is 4.79 Å². The first-order valence-electron chi connectivity index (χ1n) is 6.47. The van der Waals surface area contributed by atoms with Gasteiger partial charge in [0.1, 0.15) is 5.82 Å². The number of rotatable bonds is 5. The van der Waals surface area contributed by atoms with Gasteiger partial charge in [0, 0.05) is 31.0 Å². The van der Waals surface area contributed by atoms with E-state index in [0.717, 1.165) is 18.8 Å². The Hall–Kier alpha value is -2.61. The Morgan fingerprint density at radius 1 is 1.50 bits per heavy atom. The van der Waals surface area contributed by atoms with Crippen molar-refractivity contribution in [2.24, 2.45) is 0 Å². The first-order chi connectivity index (χ1) is 9.69. The Morgan fingerprint density at radius 2 is 2.35 bits per heavy atom. The molecule has 0 saturated carbocycles. The number of carbonyl (C=O) groups is 1. The Balaban J connectivity index is 1.81. The number of benzene rings is 1. The van der Waals surface area contributed by atoms with Gasteiger partial charge < -0.3 is 9.88 Å². The third kappa shape index (κ3) is 3.69. The third-order valence-electron chi connectivity index (χ3n) is 3.00. The Kier molecular flexibility index (Phi) is 4.51. The van der Waals surface area contributed by atoms with E-state index in [4.69, 9.17) is 5.26 Å². The van der Waals surface area contributed by atoms with E-state index in [1.54, 1.807) is 30.5 Å². The zero-order valence-corrected chi connectivity index (χ0v) is 11.3. The number of anilines is 1. The molecule has 1 aromatic carbocycles. The quantitative estimate of drug-likeness (QED) is 0.905. The first-order valence-corrected chi connectivity index (χ1v) is 6.47. The van der Waals surface area contributed by atoms with Gasteiger partial charge in [0.05, 0.1) is 11.6 Å². The molecule has 2 aromatic rings. The van der Waals surface area contributed by atoms with E-state index in [2.05, 4.69) is 10.3 Å². The average molecular weight is 268 g/mol. The minimum absolute atomic E-state index is 0.0436. The van der Waals surface area contributed by atoms with Gasteiger partial charge in [-0.1, -0.05) is 6.07 Å². The van der Waals surface area contributed by atoms with Gasteiger partial charge in [-0.25, -0.2) is 4.98 Å². The van der Waals surface area contributed by atoms with Crippen LogP contribution in [0.4, 0.5) is 5.69 Å². The molecule has 1 aromatic heterocycles. The van der Waals surface area contributed by atoms with Crippen molar-refractivity contribution in [3.63, 3.8) is 0 Å². The average Bonchev–Trinajstić information content (AvgIpc) is 2.85. The highest BCUT2D eigenvalue weighted by Crippen LogP contribution is 2.10. The molecule has 0 unspecified atom stereocenters. The molecule has 0 atom stereocenters. The Labute approximate surface area is 117 Å². The fourth-order valence-electron chi connectivity index (χ4n) is 1.94. The molecule has 5 heteroatoms. The minimum Gasteiger partial charge on any atom is -0.335 e. The second kappa shape index (κ2) is 6.53. The summed E-state index contributed by atoms with van der Waals surface area (Å²) in [6.07, 6.45) is 4.85. The van der Waals surface area contributed by atoms with Crippen LogP contribution in [0.1, 0.15) is 24.2 Å². The normalized spacial score (nSPS) is 10.0. The summed E-state index contributed by atoms with van der Waals surface area (Å²) in [5.74, 6) is 0.907. The molecule has 1 N–H and O–H groups in total. The molecule has 0 fully saturated rings. The molecule has 0 saturated heterocycles. The summed E-state index contributed by atoms with van der Waals surface area (Å²) in [5, 5.41) is 11.6. The molecule has 0 radical (unpaired) electrons. The fraction of sp³-hybridized carbons (Fsp3) is 0.267. The highest BCUT2D eigenvalue weighted by atomic mass is 16.1. The number of nitriles is 1. The molecule has 0 aliphatic rings. The molecule has 0 bridgehead atoms. The SMILES string of the molecule is Cc1nccn1CCCC(=O)Nc1cccc(C#N)c1. The maximum absolute atomic E-state index is 11.8. The topological polar surface area (TPSA) is 70.7 Å². The molecule has 5 nitrogen and oxygen atoms in total. The van der Waals surface area contributed by atoms with Crippen LogP contribution in [0.25, 0.3) is 0 Å². The fourth-order valence-corrected chi connectivity index (χ4v) is 1.94. The van der Waals surface area contributed by atoms with Crippen LogP contribution in [0.3, 0.4) is 0 Å². The van der Waals surface area contributed by atoms with Crippen LogP contribution in [0.2, 0.25) is 0 Å². The van der Waals surface area contributed by atoms with Crippen molar-refractivity contribution < 1.29 is 4.79 Å². The van der Waals surface area contributed by atoms with Crippen LogP contribution in [-0.4, -0.2) is 15.5 Å². The highest BCUT2D eigenvalue weighted by molar-refractivity contribution is 5.90. The number of nitrogens with zero attached hydrogens (tertiary/aromatic N) is 3. The van der Waals surface area contributed by atoms with E-state index >= 15 is 0 Å². The number of hydrogen-bond donors (Lipinski definition) is 1. The zero-order valence-electron chi connectivity index (χ0n) is 11.3. The van der Waals surface area contributed by atoms with Gasteiger partial charge in [0.25, 0.3) is 0 Å². The van der Waals surface area contributed by atoms with E-state index in [-0.39, 0.29) is 5.91 Å². The Morgan fingerprint density at radius 3 is 3.05 bits per heavy atom. The largest absolute Gasteiger partial charge is 0.335 e. The van der Waals surface area contributed by atoms with Crippen LogP contribution in [0.5, 0.6) is 0 Å². The minimum atomic E-state index is -0.0436. The highest BCUT2D eigenvalue weighted by Gasteiger charge is 2.04. The van der Waals surface area contributed by atoms with Crippen molar-refractivity contribution >= 4 is 11.6 Å². The third-order valence-corrected chi connectivity index (χ3v) is 3.00. The van der Waals surface area contributed by atoms with Crippen molar-refractivity contribution in [2.75, 3.05) is 5.32 Å². The molecule has 0 aliphatic carbocycles. The van der Waals surface area contributed by atoms with Crippen molar-refractivity contribution in [2.45, 2.75) is 26.3 Å². The molecule has 1 heterocycles. The molecule has 102 valence electrons. The van der Waals surface area contributed by atoms with Gasteiger partial charge in [0.15, 0.2) is 0 Å². The first kappa shape index (κ1) is 13.8. The van der Waals surface area contributed by atoms with Crippen LogP contribution < -0.4 is 5.32 Å². The maximum Gasteiger partial charge on any atom is 0.224 e. The van der Waals surface area contributed by atoms with E-state index in [1.807, 2.05) is 23.8 Å². The smallest absolute Gasteiger partial charge is 0.224 e. The second-order valence-electron chi connectivity index (χ2n) is 4.51. The number of amides is 1. The molecule has 1 amide bonds. The summed E-state index contributed by atoms with van der Waals surface area (Å²) in [5.41, 5.74) is 1.20. The predicted octanol–water partition coefficient (Wildman–Crippen LogP) is 2.48. The van der Waals surface area contributed by atoms with Crippen molar-refractivity contribution in [1.29, 1.82) is 5.26 Å². The molecule has 20 heavy (non-hydrogen) atoms. The Bertz CT molecular complexity index is 639. The summed E-state index contributed by atoms with van der Waals surface area (Å²) >= 11 is 0. The van der Waals surface area contributed by atoms with E-state index in [1.165, 1.54) is 0 Å². The lowest BCUT2D eigenvalue weighted by atomic mass is 10.2. The molecule has 0 spiro atoms. The van der Waals surface area contributed by atoms with Crippen LogP contribution >= 0.6 is 0 Å². The van der Waals surface area contributed by atoms with Crippen molar-refractivity contribution in [3.8, 4) is 6.07 Å². The number of imidazole rings is 1. The number of aryl methyl sites for hydroxylation is 2. The van der Waals surface area contributed by atoms with Crippen LogP contribution in [0.15, 0.2) is 36.7 Å². The number of carbonyl (C=O) groups excluding carboxylic acids is 1. The molecule has 2 rings (SSSR count). The lowest BCUT2D eigenvalue weighted by Crippen LogP contribution is -2.12. The van der Waals surface area contributed by atoms with E-state index < -0.39 is 0 Å². The number of nitrogens with one attached hydrogen (secondary N) is 1. The van der Waals surface area contributed by atoms with Gasteiger partial charge in [-0.3, -0.25) is 4.79 Å². The maximum atomic E-state index is 11.8. The second-order valence-corrected chi connectivity index (χ2v) is 4.51. The predicted molar refractivity (Wildman–Crippen MR) is 76.0 cm³/mol. The van der Waals surface area contributed by atoms with Gasteiger partial charge in [-0.2, -0.15) is 5.26 Å². The summed E-state index contributed by atoms with van der Waals surface area (Å²) in [6.45, 7) is 2.71. The van der Waals surface area contributed by atoms with Crippen molar-refractivity contribution in [3.05, 3.63) is 48.0 Å². The van der Waals surface area contributed by atoms with Crippen molar-refractivity contribution in [1.82, 2.24) is 9.55 Å². The summed E-state index contributed by atoms with van der Waals surface area (Å²) in [6, 6.07) is 8.95. The van der Waals surface area contributed by atoms with Crippen LogP contribution in [-0.2, 0) is 11.3 Å². The summed E-state index contributed by atoms with van der Waals surface area (Å²) < 4.78 is 2.02. The standard InChI is InChI=1S/C15H16N4O/c1-12-17-7-9-19(12)8-3-6-15(20)18-14-5-2-4-13(10-14)11-16/h2,4-5,7,9-10H,3,6,8H2,1H3,(H,18,20). The molecular weight excluding hydrogens is 252 g/mol. The molecular formula is C15H16N4O. The lowest BCUT2D eigenvalue weighted by Gasteiger charge is -2.07. The van der Waals surface area contributed by atoms with Gasteiger partial charge in [0.2, 0.25) is 5.91 Å². The number of aromatic nitrogens is 2. The van der Waals surface area contributed by atoms with Gasteiger partial charge in [-0.05, 0) is 31.5 Å². The zero-order chi connectivity index (χ0) is 14.4. The number of hydrogen-bond acceptors (Lipinski definition) is 3. The van der Waals surface area contributed by atoms with Gasteiger partial charge in [-0.15, -0.1) is 0 Å². The van der Waals surface area contributed by atoms with Gasteiger partial charge >= 0.3 is 0 Å². The summed E-state index contributed by atoms with van der Waals surface area (Å²) in [7, 11) is 0. The van der Waals surface area contributed by atoms with Crippen LogP contribution in [0, 0.1) is 18.3 Å².